The number of ether oxygens (including phenoxy) is 1. The molecule has 0 saturated carbocycles. The van der Waals surface area contributed by atoms with Crippen molar-refractivity contribution in [2.75, 3.05) is 7.11 Å². The molecule has 2 aliphatic heterocycles. The van der Waals surface area contributed by atoms with E-state index < -0.39 is 0 Å². The standard InChI is InChI=1S/C25H21N3O/c1-17-8-13-23-21(14-17)25-22(24(26-27-25)19-6-4-3-5-7-19)16-28(23)15-18-9-11-20(29-2)12-10-18/h3-14,16H,15H2,1-2H3. The summed E-state index contributed by atoms with van der Waals surface area (Å²) in [4.78, 5) is 0. The van der Waals surface area contributed by atoms with Crippen molar-refractivity contribution in [2.24, 2.45) is 0 Å². The minimum atomic E-state index is 0.763. The summed E-state index contributed by atoms with van der Waals surface area (Å²) in [5, 5.41) is 10.2. The fourth-order valence-electron chi connectivity index (χ4n) is 3.82. The van der Waals surface area contributed by atoms with E-state index in [0.29, 0.717) is 0 Å². The summed E-state index contributed by atoms with van der Waals surface area (Å²) in [5.41, 5.74) is 7.61. The van der Waals surface area contributed by atoms with E-state index in [-0.39, 0.29) is 0 Å². The molecule has 0 radical (unpaired) electrons. The van der Waals surface area contributed by atoms with Crippen LogP contribution in [0.3, 0.4) is 0 Å². The van der Waals surface area contributed by atoms with Gasteiger partial charge in [0.1, 0.15) is 17.1 Å². The van der Waals surface area contributed by atoms with E-state index in [4.69, 9.17) is 4.74 Å². The highest BCUT2D eigenvalue weighted by molar-refractivity contribution is 5.98. The van der Waals surface area contributed by atoms with Crippen molar-refractivity contribution >= 4 is 10.9 Å². The lowest BCUT2D eigenvalue weighted by Gasteiger charge is -2.16. The Morgan fingerprint density at radius 3 is 2.38 bits per heavy atom. The molecule has 0 aromatic heterocycles. The maximum Gasteiger partial charge on any atom is 0.118 e. The van der Waals surface area contributed by atoms with Gasteiger partial charge in [-0.15, -0.1) is 10.2 Å². The van der Waals surface area contributed by atoms with Crippen LogP contribution in [0, 0.1) is 6.92 Å². The largest absolute Gasteiger partial charge is 0.497 e. The van der Waals surface area contributed by atoms with Gasteiger partial charge in [-0.1, -0.05) is 54.1 Å². The van der Waals surface area contributed by atoms with Crippen molar-refractivity contribution < 1.29 is 4.74 Å². The molecule has 29 heavy (non-hydrogen) atoms. The summed E-state index contributed by atoms with van der Waals surface area (Å²) in [5.74, 6) is 0.866. The summed E-state index contributed by atoms with van der Waals surface area (Å²) < 4.78 is 7.58. The number of aromatic nitrogens is 3. The molecule has 0 saturated heterocycles. The van der Waals surface area contributed by atoms with Crippen LogP contribution in [-0.2, 0) is 6.54 Å². The number of hydrogen-bond acceptors (Lipinski definition) is 3. The third-order valence-electron chi connectivity index (χ3n) is 5.32. The Kier molecular flexibility index (Phi) is 4.24. The van der Waals surface area contributed by atoms with Crippen molar-refractivity contribution in [2.45, 2.75) is 13.5 Å². The van der Waals surface area contributed by atoms with Crippen molar-refractivity contribution in [1.29, 1.82) is 0 Å². The predicted octanol–water partition coefficient (Wildman–Crippen LogP) is 5.57. The van der Waals surface area contributed by atoms with Crippen LogP contribution >= 0.6 is 0 Å². The molecule has 4 nitrogen and oxygen atoms in total. The van der Waals surface area contributed by atoms with Gasteiger partial charge in [-0.25, -0.2) is 0 Å². The van der Waals surface area contributed by atoms with Crippen LogP contribution in [0.25, 0.3) is 33.4 Å². The number of hydrogen-bond donors (Lipinski definition) is 0. The van der Waals surface area contributed by atoms with Gasteiger partial charge in [-0.05, 0) is 36.8 Å². The van der Waals surface area contributed by atoms with E-state index in [1.54, 1.807) is 7.11 Å². The average Bonchev–Trinajstić information content (AvgIpc) is 3.19. The number of benzene rings is 3. The summed E-state index contributed by atoms with van der Waals surface area (Å²) in [6, 6.07) is 25.0. The van der Waals surface area contributed by atoms with Gasteiger partial charge in [0.05, 0.1) is 12.6 Å². The molecule has 142 valence electrons. The Bertz CT molecular complexity index is 1260. The molecule has 0 bridgehead atoms. The second-order valence-corrected chi connectivity index (χ2v) is 7.30. The summed E-state index contributed by atoms with van der Waals surface area (Å²) in [6.07, 6.45) is 2.18. The quantitative estimate of drug-likeness (QED) is 0.410. The zero-order valence-electron chi connectivity index (χ0n) is 16.5. The minimum Gasteiger partial charge on any atom is -0.497 e. The molecule has 0 aliphatic carbocycles. The van der Waals surface area contributed by atoms with Gasteiger partial charge < -0.3 is 9.30 Å². The molecular formula is C25H21N3O. The number of aryl methyl sites for hydroxylation is 1. The van der Waals surface area contributed by atoms with Crippen LogP contribution in [0.1, 0.15) is 11.1 Å². The molecule has 2 aliphatic rings. The molecule has 5 rings (SSSR count). The molecule has 0 fully saturated rings. The number of methoxy groups -OCH3 is 1. The van der Waals surface area contributed by atoms with E-state index in [2.05, 4.69) is 70.3 Å². The number of pyridine rings is 1. The van der Waals surface area contributed by atoms with Gasteiger partial charge in [-0.3, -0.25) is 0 Å². The molecule has 0 unspecified atom stereocenters. The van der Waals surface area contributed by atoms with Crippen LogP contribution in [0.2, 0.25) is 0 Å². The monoisotopic (exact) mass is 379 g/mol. The number of nitrogens with zero attached hydrogens (tertiary/aromatic N) is 3. The Labute approximate surface area is 169 Å². The van der Waals surface area contributed by atoms with Crippen molar-refractivity contribution in [3.8, 4) is 28.3 Å². The SMILES string of the molecule is COc1ccc(Cn2cc3c(-c4ccccc4)nnc-3c3cc(C)ccc32)cc1. The van der Waals surface area contributed by atoms with E-state index in [1.807, 2.05) is 30.3 Å². The van der Waals surface area contributed by atoms with Crippen LogP contribution in [0.5, 0.6) is 5.75 Å². The lowest BCUT2D eigenvalue weighted by molar-refractivity contribution is 0.414. The topological polar surface area (TPSA) is 39.9 Å². The summed E-state index contributed by atoms with van der Waals surface area (Å²) in [7, 11) is 1.69. The first-order valence-corrected chi connectivity index (χ1v) is 9.67. The van der Waals surface area contributed by atoms with Crippen molar-refractivity contribution in [3.63, 3.8) is 0 Å². The van der Waals surface area contributed by atoms with Gasteiger partial charge in [0.15, 0.2) is 0 Å². The third kappa shape index (κ3) is 3.13. The van der Waals surface area contributed by atoms with E-state index in [1.165, 1.54) is 11.1 Å². The Hall–Kier alpha value is -3.66. The van der Waals surface area contributed by atoms with Gasteiger partial charge >= 0.3 is 0 Å². The van der Waals surface area contributed by atoms with Gasteiger partial charge in [0, 0.05) is 29.3 Å². The summed E-state index contributed by atoms with van der Waals surface area (Å²) >= 11 is 0. The highest BCUT2D eigenvalue weighted by Crippen LogP contribution is 2.37. The van der Waals surface area contributed by atoms with E-state index >= 15 is 0 Å². The molecule has 0 spiro atoms. The molecule has 2 heterocycles. The highest BCUT2D eigenvalue weighted by atomic mass is 16.5. The van der Waals surface area contributed by atoms with Crippen LogP contribution in [0.4, 0.5) is 0 Å². The first-order valence-electron chi connectivity index (χ1n) is 9.67. The normalized spacial score (nSPS) is 11.2. The van der Waals surface area contributed by atoms with Gasteiger partial charge in [0.2, 0.25) is 0 Å². The van der Waals surface area contributed by atoms with Crippen molar-refractivity contribution in [1.82, 2.24) is 14.8 Å². The first kappa shape index (κ1) is 17.4. The molecule has 0 atom stereocenters. The maximum atomic E-state index is 5.29. The molecule has 3 aromatic carbocycles. The Morgan fingerprint density at radius 2 is 1.62 bits per heavy atom. The molecule has 4 heteroatoms. The number of fused-ring (bicyclic) bond motifs is 3. The van der Waals surface area contributed by atoms with Crippen molar-refractivity contribution in [3.05, 3.63) is 90.1 Å². The van der Waals surface area contributed by atoms with Crippen LogP contribution < -0.4 is 4.74 Å². The zero-order valence-corrected chi connectivity index (χ0v) is 16.5. The highest BCUT2D eigenvalue weighted by Gasteiger charge is 2.20. The van der Waals surface area contributed by atoms with Crippen LogP contribution in [-0.4, -0.2) is 21.9 Å². The Balaban J connectivity index is 1.70. The summed E-state index contributed by atoms with van der Waals surface area (Å²) in [6.45, 7) is 2.87. The molecule has 3 aromatic rings. The second-order valence-electron chi connectivity index (χ2n) is 7.30. The Morgan fingerprint density at radius 1 is 0.862 bits per heavy atom. The fraction of sp³-hybridized carbons (Fsp3) is 0.120. The zero-order chi connectivity index (χ0) is 19.8. The first-order chi connectivity index (χ1) is 14.2. The smallest absolute Gasteiger partial charge is 0.118 e. The predicted molar refractivity (Wildman–Crippen MR) is 116 cm³/mol. The maximum absolute atomic E-state index is 5.29. The minimum absolute atomic E-state index is 0.763. The second kappa shape index (κ2) is 7.06. The number of rotatable bonds is 4. The molecule has 0 amide bonds. The lowest BCUT2D eigenvalue weighted by atomic mass is 10.0. The molecule has 0 N–H and O–H groups in total. The lowest BCUT2D eigenvalue weighted by Crippen LogP contribution is -2.04. The van der Waals surface area contributed by atoms with E-state index in [9.17, 15) is 0 Å². The molecular weight excluding hydrogens is 358 g/mol. The van der Waals surface area contributed by atoms with Gasteiger partial charge in [0.25, 0.3) is 0 Å². The van der Waals surface area contributed by atoms with Crippen LogP contribution in [0.15, 0.2) is 79.0 Å². The third-order valence-corrected chi connectivity index (χ3v) is 5.32. The fourth-order valence-corrected chi connectivity index (χ4v) is 3.82. The van der Waals surface area contributed by atoms with E-state index in [0.717, 1.165) is 45.7 Å². The van der Waals surface area contributed by atoms with Gasteiger partial charge in [-0.2, -0.15) is 0 Å². The average molecular weight is 379 g/mol.